The van der Waals surface area contributed by atoms with Crippen LogP contribution in [0.1, 0.15) is 37.3 Å². The Labute approximate surface area is 178 Å². The van der Waals surface area contributed by atoms with Crippen molar-refractivity contribution in [1.82, 2.24) is 4.98 Å². The Morgan fingerprint density at radius 2 is 1.77 bits per heavy atom. The van der Waals surface area contributed by atoms with Gasteiger partial charge in [-0.3, -0.25) is 9.78 Å². The summed E-state index contributed by atoms with van der Waals surface area (Å²) in [5.74, 6) is 0.578. The molecule has 30 heavy (non-hydrogen) atoms. The minimum absolute atomic E-state index is 0.176. The number of hydrogen-bond acceptors (Lipinski definition) is 3. The highest BCUT2D eigenvalue weighted by Gasteiger charge is 2.02. The predicted octanol–water partition coefficient (Wildman–Crippen LogP) is 6.14. The summed E-state index contributed by atoms with van der Waals surface area (Å²) in [5, 5.41) is 2.83. The van der Waals surface area contributed by atoms with E-state index in [4.69, 9.17) is 4.74 Å². The second-order valence-electron chi connectivity index (χ2n) is 7.18. The van der Waals surface area contributed by atoms with E-state index in [0.29, 0.717) is 0 Å². The summed E-state index contributed by atoms with van der Waals surface area (Å²) in [4.78, 5) is 16.7. The van der Waals surface area contributed by atoms with Crippen molar-refractivity contribution in [3.8, 4) is 17.0 Å². The van der Waals surface area contributed by atoms with Crippen LogP contribution in [0.15, 0.2) is 72.9 Å². The number of benzene rings is 2. The summed E-state index contributed by atoms with van der Waals surface area (Å²) in [6.45, 7) is 2.22. The molecule has 0 saturated carbocycles. The molecule has 0 unspecified atom stereocenters. The van der Waals surface area contributed by atoms with E-state index in [-0.39, 0.29) is 5.91 Å². The van der Waals surface area contributed by atoms with Gasteiger partial charge in [-0.2, -0.15) is 0 Å². The SMILES string of the molecule is CCCCCc1ccc(-c2ccc(/C=C/C(=O)Nc3ccc(OC)cc3)cc2)nc1. The molecule has 0 bridgehead atoms. The first-order valence-electron chi connectivity index (χ1n) is 10.4. The van der Waals surface area contributed by atoms with Crippen LogP contribution in [0.3, 0.4) is 0 Å². The Bertz CT molecular complexity index is 959. The maximum absolute atomic E-state index is 12.1. The van der Waals surface area contributed by atoms with Gasteiger partial charge in [0, 0.05) is 23.5 Å². The van der Waals surface area contributed by atoms with Crippen LogP contribution in [0.4, 0.5) is 5.69 Å². The van der Waals surface area contributed by atoms with Crippen molar-refractivity contribution in [3.63, 3.8) is 0 Å². The van der Waals surface area contributed by atoms with Gasteiger partial charge in [-0.1, -0.05) is 50.1 Å². The molecule has 1 amide bonds. The molecule has 2 aromatic carbocycles. The first-order chi connectivity index (χ1) is 14.7. The Balaban J connectivity index is 1.56. The molecule has 0 aliphatic rings. The topological polar surface area (TPSA) is 51.2 Å². The van der Waals surface area contributed by atoms with Crippen LogP contribution in [-0.2, 0) is 11.2 Å². The second kappa shape index (κ2) is 11.0. The lowest BCUT2D eigenvalue weighted by molar-refractivity contribution is -0.111. The average molecular weight is 401 g/mol. The number of pyridine rings is 1. The van der Waals surface area contributed by atoms with Crippen molar-refractivity contribution in [2.24, 2.45) is 0 Å². The number of amides is 1. The van der Waals surface area contributed by atoms with Crippen molar-refractivity contribution in [2.75, 3.05) is 12.4 Å². The van der Waals surface area contributed by atoms with Crippen LogP contribution in [0.5, 0.6) is 5.75 Å². The molecule has 3 aromatic rings. The number of ether oxygens (including phenoxy) is 1. The number of hydrogen-bond donors (Lipinski definition) is 1. The number of aryl methyl sites for hydroxylation is 1. The maximum atomic E-state index is 12.1. The van der Waals surface area contributed by atoms with Crippen molar-refractivity contribution >= 4 is 17.7 Å². The average Bonchev–Trinajstić information content (AvgIpc) is 2.79. The van der Waals surface area contributed by atoms with E-state index in [1.165, 1.54) is 30.9 Å². The highest BCUT2D eigenvalue weighted by Crippen LogP contribution is 2.19. The third-order valence-electron chi connectivity index (χ3n) is 4.88. The molecular weight excluding hydrogens is 372 g/mol. The van der Waals surface area contributed by atoms with E-state index < -0.39 is 0 Å². The molecule has 0 radical (unpaired) electrons. The van der Waals surface area contributed by atoms with Crippen molar-refractivity contribution in [3.05, 3.63) is 84.1 Å². The smallest absolute Gasteiger partial charge is 0.248 e. The number of methoxy groups -OCH3 is 1. The molecule has 1 N–H and O–H groups in total. The minimum Gasteiger partial charge on any atom is -0.497 e. The zero-order chi connectivity index (χ0) is 21.2. The number of aromatic nitrogens is 1. The maximum Gasteiger partial charge on any atom is 0.248 e. The largest absolute Gasteiger partial charge is 0.497 e. The lowest BCUT2D eigenvalue weighted by Gasteiger charge is -2.05. The second-order valence-corrected chi connectivity index (χ2v) is 7.18. The van der Waals surface area contributed by atoms with Crippen LogP contribution in [0.2, 0.25) is 0 Å². The van der Waals surface area contributed by atoms with Crippen molar-refractivity contribution in [2.45, 2.75) is 32.6 Å². The van der Waals surface area contributed by atoms with E-state index in [2.05, 4.69) is 29.4 Å². The fourth-order valence-electron chi connectivity index (χ4n) is 3.12. The summed E-state index contributed by atoms with van der Waals surface area (Å²) >= 11 is 0. The molecule has 3 rings (SSSR count). The third-order valence-corrected chi connectivity index (χ3v) is 4.88. The Morgan fingerprint density at radius 1 is 1.00 bits per heavy atom. The van der Waals surface area contributed by atoms with Gasteiger partial charge in [0.05, 0.1) is 12.8 Å². The first-order valence-corrected chi connectivity index (χ1v) is 10.4. The van der Waals surface area contributed by atoms with Gasteiger partial charge in [0.15, 0.2) is 0 Å². The van der Waals surface area contributed by atoms with Gasteiger partial charge in [0.1, 0.15) is 5.75 Å². The molecule has 0 fully saturated rings. The molecule has 0 aliphatic carbocycles. The van der Waals surface area contributed by atoms with Crippen LogP contribution < -0.4 is 10.1 Å². The van der Waals surface area contributed by atoms with Gasteiger partial charge >= 0.3 is 0 Å². The molecule has 1 heterocycles. The number of carbonyl (C=O) groups is 1. The van der Waals surface area contributed by atoms with Crippen molar-refractivity contribution in [1.29, 1.82) is 0 Å². The summed E-state index contributed by atoms with van der Waals surface area (Å²) < 4.78 is 5.12. The summed E-state index contributed by atoms with van der Waals surface area (Å²) in [5.41, 5.74) is 5.00. The molecule has 0 aliphatic heterocycles. The fraction of sp³-hybridized carbons (Fsp3) is 0.231. The van der Waals surface area contributed by atoms with Gasteiger partial charge in [0.2, 0.25) is 5.91 Å². The number of anilines is 1. The zero-order valence-corrected chi connectivity index (χ0v) is 17.6. The van der Waals surface area contributed by atoms with E-state index >= 15 is 0 Å². The van der Waals surface area contributed by atoms with Crippen molar-refractivity contribution < 1.29 is 9.53 Å². The van der Waals surface area contributed by atoms with Crippen LogP contribution in [0.25, 0.3) is 17.3 Å². The molecule has 0 atom stereocenters. The number of rotatable bonds is 9. The molecule has 154 valence electrons. The van der Waals surface area contributed by atoms with E-state index in [1.807, 2.05) is 42.6 Å². The van der Waals surface area contributed by atoms with Crippen LogP contribution in [-0.4, -0.2) is 18.0 Å². The van der Waals surface area contributed by atoms with Gasteiger partial charge in [-0.15, -0.1) is 0 Å². The Morgan fingerprint density at radius 3 is 2.40 bits per heavy atom. The lowest BCUT2D eigenvalue weighted by Crippen LogP contribution is -2.07. The molecule has 4 heteroatoms. The van der Waals surface area contributed by atoms with E-state index in [1.54, 1.807) is 25.3 Å². The van der Waals surface area contributed by atoms with Gasteiger partial charge in [-0.25, -0.2) is 0 Å². The quantitative estimate of drug-likeness (QED) is 0.347. The normalized spacial score (nSPS) is 10.9. The molecular formula is C26H28N2O2. The first kappa shape index (κ1) is 21.3. The number of carbonyl (C=O) groups excluding carboxylic acids is 1. The number of unbranched alkanes of at least 4 members (excludes halogenated alkanes) is 2. The molecule has 4 nitrogen and oxygen atoms in total. The summed E-state index contributed by atoms with van der Waals surface area (Å²) in [6.07, 6.45) is 10.1. The predicted molar refractivity (Wildman–Crippen MR) is 124 cm³/mol. The van der Waals surface area contributed by atoms with Crippen LogP contribution >= 0.6 is 0 Å². The monoisotopic (exact) mass is 400 g/mol. The highest BCUT2D eigenvalue weighted by molar-refractivity contribution is 6.01. The summed E-state index contributed by atoms with van der Waals surface area (Å²) in [6, 6.07) is 19.5. The Kier molecular flexibility index (Phi) is 7.78. The molecule has 0 spiro atoms. The van der Waals surface area contributed by atoms with E-state index in [0.717, 1.165) is 34.7 Å². The Hall–Kier alpha value is -3.40. The van der Waals surface area contributed by atoms with Gasteiger partial charge in [0.25, 0.3) is 0 Å². The highest BCUT2D eigenvalue weighted by atomic mass is 16.5. The fourth-order valence-corrected chi connectivity index (χ4v) is 3.12. The van der Waals surface area contributed by atoms with Gasteiger partial charge in [-0.05, 0) is 60.4 Å². The third kappa shape index (κ3) is 6.31. The van der Waals surface area contributed by atoms with Crippen LogP contribution in [0, 0.1) is 0 Å². The number of nitrogens with zero attached hydrogens (tertiary/aromatic N) is 1. The zero-order valence-electron chi connectivity index (χ0n) is 17.6. The van der Waals surface area contributed by atoms with Gasteiger partial charge < -0.3 is 10.1 Å². The summed E-state index contributed by atoms with van der Waals surface area (Å²) in [7, 11) is 1.61. The molecule has 0 saturated heterocycles. The molecule has 1 aromatic heterocycles. The van der Waals surface area contributed by atoms with E-state index in [9.17, 15) is 4.79 Å². The minimum atomic E-state index is -0.176. The lowest BCUT2D eigenvalue weighted by atomic mass is 10.1. The number of nitrogens with one attached hydrogen (secondary N) is 1. The standard InChI is InChI=1S/C26H28N2O2/c1-3-4-5-6-21-9-17-25(27-19-21)22-11-7-20(8-12-22)10-18-26(29)28-23-13-15-24(30-2)16-14-23/h7-19H,3-6H2,1-2H3,(H,28,29)/b18-10+.